The van der Waals surface area contributed by atoms with Crippen molar-refractivity contribution in [2.75, 3.05) is 111 Å². The van der Waals surface area contributed by atoms with Gasteiger partial charge in [0.25, 0.3) is 11.7 Å². The minimum Gasteiger partial charge on any atom is -0.491 e. The van der Waals surface area contributed by atoms with Gasteiger partial charge in [0, 0.05) is 56.0 Å². The van der Waals surface area contributed by atoms with E-state index in [1.807, 2.05) is 11.8 Å². The molecule has 0 spiro atoms. The number of carbonyl (C=O) groups excluding carboxylic acids is 5. The Hall–Kier alpha value is -4.45. The van der Waals surface area contributed by atoms with E-state index in [1.54, 1.807) is 24.3 Å². The van der Waals surface area contributed by atoms with Gasteiger partial charge in [-0.05, 0) is 37.1 Å². The molecule has 3 saturated heterocycles. The van der Waals surface area contributed by atoms with E-state index in [2.05, 4.69) is 31.9 Å². The van der Waals surface area contributed by atoms with Crippen LogP contribution < -0.4 is 36.6 Å². The number of thioether (sulfide) groups is 1. The lowest BCUT2D eigenvalue weighted by atomic mass is 9.88. The monoisotopic (exact) mass is 1020 g/mol. The molecule has 3 fully saturated rings. The SMILES string of the molecule is CC(=O)N[C@H]1[C@H]([C@H](O)[C@H](O)CO)O[C@@](OCC(=O)NCCOCCOCCOCCOc2ccc(C(=O)NCCOCCOCCNC(=O)CCCC[C@@H]3SC[C@@H]4NC(=O)N[C@@H]43)cc2)(C(=O)O)C[C@@H]1O. The van der Waals surface area contributed by atoms with Gasteiger partial charge >= 0.3 is 12.0 Å². The van der Waals surface area contributed by atoms with Crippen LogP contribution in [0.4, 0.5) is 4.79 Å². The van der Waals surface area contributed by atoms with Crippen molar-refractivity contribution >= 4 is 47.4 Å². The Balaban J connectivity index is 0.911. The van der Waals surface area contributed by atoms with Gasteiger partial charge in [-0.15, -0.1) is 0 Å². The van der Waals surface area contributed by atoms with Gasteiger partial charge in [0.05, 0.1) is 96.9 Å². The lowest BCUT2D eigenvalue weighted by Gasteiger charge is -2.46. The summed E-state index contributed by atoms with van der Waals surface area (Å²) in [6.07, 6.45) is -4.70. The first-order chi connectivity index (χ1) is 33.7. The topological polar surface area (TPSA) is 350 Å². The molecule has 396 valence electrons. The van der Waals surface area contributed by atoms with E-state index < -0.39 is 73.7 Å². The second kappa shape index (κ2) is 31.8. The zero-order valence-electron chi connectivity index (χ0n) is 39.3. The number of carboxylic acids is 1. The van der Waals surface area contributed by atoms with Crippen LogP contribution in [0, 0.1) is 0 Å². The highest BCUT2D eigenvalue weighted by atomic mass is 32.2. The van der Waals surface area contributed by atoms with E-state index in [0.29, 0.717) is 75.7 Å². The first-order valence-electron chi connectivity index (χ1n) is 23.3. The number of hydrogen-bond donors (Lipinski definition) is 11. The number of aliphatic carboxylic acids is 1. The molecule has 3 aliphatic rings. The Labute approximate surface area is 410 Å². The molecule has 6 amide bonds. The smallest absolute Gasteiger partial charge is 0.364 e. The van der Waals surface area contributed by atoms with Gasteiger partial charge in [-0.1, -0.05) is 6.42 Å². The number of ether oxygens (including phenoxy) is 8. The molecular formula is C44H70N6O19S. The largest absolute Gasteiger partial charge is 0.491 e. The molecule has 0 radical (unpaired) electrons. The van der Waals surface area contributed by atoms with Crippen LogP contribution in [0.2, 0.25) is 0 Å². The van der Waals surface area contributed by atoms with Crippen LogP contribution in [0.1, 0.15) is 49.4 Å². The third-order valence-electron chi connectivity index (χ3n) is 11.1. The molecule has 3 aliphatic heterocycles. The Morgan fingerprint density at radius 1 is 0.814 bits per heavy atom. The van der Waals surface area contributed by atoms with E-state index in [0.717, 1.165) is 31.9 Å². The summed E-state index contributed by atoms with van der Waals surface area (Å²) in [5.74, 6) is -4.53. The van der Waals surface area contributed by atoms with Crippen LogP contribution in [0.25, 0.3) is 0 Å². The van der Waals surface area contributed by atoms with E-state index in [1.165, 1.54) is 0 Å². The van der Waals surface area contributed by atoms with Gasteiger partial charge in [0.2, 0.25) is 17.7 Å². The maximum atomic E-state index is 12.5. The highest BCUT2D eigenvalue weighted by Crippen LogP contribution is 2.34. The summed E-state index contributed by atoms with van der Waals surface area (Å²) in [6, 6.07) is 5.61. The molecule has 0 aliphatic carbocycles. The van der Waals surface area contributed by atoms with Crippen molar-refractivity contribution in [1.82, 2.24) is 31.9 Å². The number of carbonyl (C=O) groups is 6. The fraction of sp³-hybridized carbons (Fsp3) is 0.727. The van der Waals surface area contributed by atoms with Crippen molar-refractivity contribution < 1.29 is 92.2 Å². The number of aliphatic hydroxyl groups excluding tert-OH is 4. The predicted molar refractivity (Wildman–Crippen MR) is 247 cm³/mol. The highest BCUT2D eigenvalue weighted by molar-refractivity contribution is 8.00. The molecule has 3 heterocycles. The normalized spacial score (nSPS) is 23.6. The number of aliphatic hydroxyl groups is 4. The molecular weight excluding hydrogens is 949 g/mol. The van der Waals surface area contributed by atoms with E-state index in [9.17, 15) is 54.3 Å². The second-order valence-electron chi connectivity index (χ2n) is 16.4. The van der Waals surface area contributed by atoms with Gasteiger partial charge in [0.1, 0.15) is 37.3 Å². The van der Waals surface area contributed by atoms with Gasteiger partial charge in [0.15, 0.2) is 0 Å². The molecule has 4 rings (SSSR count). The Morgan fingerprint density at radius 2 is 1.40 bits per heavy atom. The summed E-state index contributed by atoms with van der Waals surface area (Å²) in [4.78, 5) is 72.4. The van der Waals surface area contributed by atoms with Crippen molar-refractivity contribution in [3.8, 4) is 5.75 Å². The summed E-state index contributed by atoms with van der Waals surface area (Å²) in [5, 5.41) is 67.0. The average molecular weight is 1020 g/mol. The molecule has 11 N–H and O–H groups in total. The van der Waals surface area contributed by atoms with Crippen molar-refractivity contribution in [1.29, 1.82) is 0 Å². The summed E-state index contributed by atoms with van der Waals surface area (Å²) in [6.45, 7) is 3.20. The second-order valence-corrected chi connectivity index (χ2v) is 17.7. The van der Waals surface area contributed by atoms with Crippen LogP contribution in [-0.4, -0.2) is 226 Å². The molecule has 0 bridgehead atoms. The maximum absolute atomic E-state index is 12.5. The van der Waals surface area contributed by atoms with Crippen LogP contribution in [0.15, 0.2) is 24.3 Å². The molecule has 26 heteroatoms. The number of fused-ring (bicyclic) bond motifs is 1. The standard InChI is InChI=1S/C44H70N6O19S/c1-28(52)48-38-32(53)24-44(42(59)60,69-40(38)39(57)33(54)25-51)68-26-36(56)46-11-14-63-18-19-65-20-21-66-22-23-67-30-8-6-29(7-9-30)41(58)47-12-15-64-17-16-62-13-10-45-35(55)5-3-2-4-34-37-31(27-70-34)49-43(61)50-37/h6-9,31-34,37-40,51,53-54,57H,2-5,10-27H2,1H3,(H,45,55)(H,46,56)(H,47,58)(H,48,52)(H,59,60)(H2,49,50,61)/t31-,32-,33+,34-,37-,38+,39+,40+,44+/m0/s1. The number of unbranched alkanes of at least 4 members (excludes halogenated alkanes) is 1. The van der Waals surface area contributed by atoms with Crippen molar-refractivity contribution in [3.63, 3.8) is 0 Å². The zero-order chi connectivity index (χ0) is 50.7. The van der Waals surface area contributed by atoms with Crippen molar-refractivity contribution in [2.45, 2.75) is 92.6 Å². The van der Waals surface area contributed by atoms with Gasteiger partial charge in [-0.2, -0.15) is 11.8 Å². The summed E-state index contributed by atoms with van der Waals surface area (Å²) in [7, 11) is 0. The minimum atomic E-state index is -2.63. The van der Waals surface area contributed by atoms with E-state index >= 15 is 0 Å². The zero-order valence-corrected chi connectivity index (χ0v) is 40.2. The number of urea groups is 1. The Bertz CT molecular complexity index is 1770. The van der Waals surface area contributed by atoms with Gasteiger partial charge < -0.3 is 95.3 Å². The van der Waals surface area contributed by atoms with Gasteiger partial charge in [-0.3, -0.25) is 19.2 Å². The van der Waals surface area contributed by atoms with Crippen molar-refractivity contribution in [2.24, 2.45) is 0 Å². The number of benzene rings is 1. The fourth-order valence-corrected chi connectivity index (χ4v) is 9.07. The van der Waals surface area contributed by atoms with Crippen LogP contribution in [0.5, 0.6) is 5.75 Å². The third-order valence-corrected chi connectivity index (χ3v) is 12.6. The molecule has 0 unspecified atom stereocenters. The molecule has 1 aromatic carbocycles. The fourth-order valence-electron chi connectivity index (χ4n) is 7.52. The first-order valence-corrected chi connectivity index (χ1v) is 24.4. The number of rotatable bonds is 36. The van der Waals surface area contributed by atoms with E-state index in [-0.39, 0.29) is 69.5 Å². The summed E-state index contributed by atoms with van der Waals surface area (Å²) >= 11 is 1.87. The molecule has 0 aromatic heterocycles. The summed E-state index contributed by atoms with van der Waals surface area (Å²) in [5.41, 5.74) is 0.464. The predicted octanol–water partition coefficient (Wildman–Crippen LogP) is -3.00. The minimum absolute atomic E-state index is 0.00679. The number of carboxylic acid groups (broad SMARTS) is 1. The van der Waals surface area contributed by atoms with Crippen LogP contribution in [-0.2, 0) is 52.3 Å². The molecule has 9 atom stereocenters. The first kappa shape index (κ1) is 58.1. The quantitative estimate of drug-likeness (QED) is 0.0236. The van der Waals surface area contributed by atoms with Crippen LogP contribution >= 0.6 is 11.8 Å². The molecule has 70 heavy (non-hydrogen) atoms. The molecule has 1 aromatic rings. The maximum Gasteiger partial charge on any atom is 0.364 e. The lowest BCUT2D eigenvalue weighted by Crippen LogP contribution is -2.68. The number of amides is 6. The number of nitrogens with one attached hydrogen (secondary N) is 6. The summed E-state index contributed by atoms with van der Waals surface area (Å²) < 4.78 is 43.8. The molecule has 0 saturated carbocycles. The average Bonchev–Trinajstić information content (AvgIpc) is 3.90. The van der Waals surface area contributed by atoms with Gasteiger partial charge in [-0.25, -0.2) is 9.59 Å². The highest BCUT2D eigenvalue weighted by Gasteiger charge is 2.56. The number of hydrogen-bond acceptors (Lipinski definition) is 19. The van der Waals surface area contributed by atoms with Crippen LogP contribution in [0.3, 0.4) is 0 Å². The third kappa shape index (κ3) is 20.3. The molecule has 25 nitrogen and oxygen atoms in total. The van der Waals surface area contributed by atoms with Crippen molar-refractivity contribution in [3.05, 3.63) is 29.8 Å². The Morgan fingerprint density at radius 3 is 2.00 bits per heavy atom. The lowest BCUT2D eigenvalue weighted by molar-refractivity contribution is -0.309. The Kier molecular flexibility index (Phi) is 26.4. The van der Waals surface area contributed by atoms with E-state index in [4.69, 9.17) is 37.9 Å².